The lowest BCUT2D eigenvalue weighted by Gasteiger charge is -2.18. The van der Waals surface area contributed by atoms with Crippen molar-refractivity contribution in [1.29, 1.82) is 0 Å². The van der Waals surface area contributed by atoms with Crippen molar-refractivity contribution in [3.05, 3.63) is 64.7 Å². The fourth-order valence-corrected chi connectivity index (χ4v) is 2.60. The van der Waals surface area contributed by atoms with Crippen molar-refractivity contribution >= 4 is 23.3 Å². The summed E-state index contributed by atoms with van der Waals surface area (Å²) in [5, 5.41) is 26.1. The maximum Gasteiger partial charge on any atom is 0.307 e. The number of nitrogens with one attached hydrogen (secondary N) is 2. The van der Waals surface area contributed by atoms with Gasteiger partial charge in [-0.1, -0.05) is 35.9 Å². The van der Waals surface area contributed by atoms with Gasteiger partial charge in [0.2, 0.25) is 0 Å². The van der Waals surface area contributed by atoms with Crippen LogP contribution >= 0.6 is 11.6 Å². The predicted molar refractivity (Wildman–Crippen MR) is 100 cm³/mol. The Labute approximate surface area is 152 Å². The van der Waals surface area contributed by atoms with Crippen LogP contribution in [0.3, 0.4) is 0 Å². The Bertz CT molecular complexity index is 691. The predicted octanol–water partition coefficient (Wildman–Crippen LogP) is 3.09. The van der Waals surface area contributed by atoms with E-state index in [-0.39, 0.29) is 12.5 Å². The Kier molecular flexibility index (Phi) is 7.25. The molecule has 6 heteroatoms. The molecule has 0 aliphatic heterocycles. The lowest BCUT2D eigenvalue weighted by molar-refractivity contribution is -0.136. The first-order valence-electron chi connectivity index (χ1n) is 8.15. The first-order chi connectivity index (χ1) is 11.9. The van der Waals surface area contributed by atoms with Gasteiger partial charge < -0.3 is 20.8 Å². The number of rotatable bonds is 9. The van der Waals surface area contributed by atoms with Crippen LogP contribution in [-0.4, -0.2) is 35.3 Å². The molecule has 134 valence electrons. The second-order valence-electron chi connectivity index (χ2n) is 6.03. The zero-order valence-electron chi connectivity index (χ0n) is 14.1. The molecule has 0 spiro atoms. The highest BCUT2D eigenvalue weighted by Gasteiger charge is 2.10. The van der Waals surface area contributed by atoms with Crippen molar-refractivity contribution in [3.63, 3.8) is 0 Å². The molecule has 0 amide bonds. The third kappa shape index (κ3) is 6.74. The molecule has 5 nitrogen and oxygen atoms in total. The number of aliphatic hydroxyl groups is 1. The topological polar surface area (TPSA) is 81.6 Å². The van der Waals surface area contributed by atoms with E-state index in [2.05, 4.69) is 10.6 Å². The number of halogens is 1. The summed E-state index contributed by atoms with van der Waals surface area (Å²) < 4.78 is 0. The van der Waals surface area contributed by atoms with Gasteiger partial charge in [-0.15, -0.1) is 0 Å². The Morgan fingerprint density at radius 3 is 2.52 bits per heavy atom. The summed E-state index contributed by atoms with van der Waals surface area (Å²) in [5.41, 5.74) is 2.49. The van der Waals surface area contributed by atoms with Crippen LogP contribution < -0.4 is 10.6 Å². The summed E-state index contributed by atoms with van der Waals surface area (Å²) in [5.74, 6) is -0.836. The number of hydrogen-bond donors (Lipinski definition) is 4. The molecule has 2 aromatic rings. The van der Waals surface area contributed by atoms with Gasteiger partial charge in [-0.3, -0.25) is 4.79 Å². The van der Waals surface area contributed by atoms with E-state index in [0.29, 0.717) is 18.1 Å². The molecule has 0 bridgehead atoms. The molecular formula is C19H23ClN2O3. The first kappa shape index (κ1) is 19.2. The van der Waals surface area contributed by atoms with Crippen molar-refractivity contribution < 1.29 is 15.0 Å². The molecule has 0 aliphatic rings. The van der Waals surface area contributed by atoms with Gasteiger partial charge in [-0.2, -0.15) is 0 Å². The van der Waals surface area contributed by atoms with Crippen LogP contribution in [0.4, 0.5) is 5.69 Å². The fraction of sp³-hybridized carbons (Fsp3) is 0.316. The van der Waals surface area contributed by atoms with Crippen molar-refractivity contribution in [2.45, 2.75) is 25.5 Å². The van der Waals surface area contributed by atoms with Crippen molar-refractivity contribution in [2.75, 3.05) is 18.4 Å². The summed E-state index contributed by atoms with van der Waals surface area (Å²) in [6.45, 7) is 3.14. The fourth-order valence-electron chi connectivity index (χ4n) is 2.40. The van der Waals surface area contributed by atoms with E-state index in [4.69, 9.17) is 16.7 Å². The number of carbonyl (C=O) groups is 1. The Balaban J connectivity index is 1.75. The number of aliphatic carboxylic acids is 1. The van der Waals surface area contributed by atoms with E-state index in [1.54, 1.807) is 24.3 Å². The van der Waals surface area contributed by atoms with Crippen LogP contribution in [0.25, 0.3) is 0 Å². The maximum absolute atomic E-state index is 10.7. The van der Waals surface area contributed by atoms with Gasteiger partial charge in [0, 0.05) is 29.8 Å². The summed E-state index contributed by atoms with van der Waals surface area (Å²) in [6.07, 6.45) is -0.587. The molecule has 0 saturated carbocycles. The highest BCUT2D eigenvalue weighted by molar-refractivity contribution is 6.30. The molecule has 0 saturated heterocycles. The minimum atomic E-state index is -0.836. The molecule has 4 N–H and O–H groups in total. The monoisotopic (exact) mass is 362 g/mol. The van der Waals surface area contributed by atoms with Gasteiger partial charge in [0.15, 0.2) is 0 Å². The lowest BCUT2D eigenvalue weighted by Crippen LogP contribution is -2.35. The molecule has 2 atom stereocenters. The Hall–Kier alpha value is -2.08. The van der Waals surface area contributed by atoms with Crippen LogP contribution in [-0.2, 0) is 11.2 Å². The van der Waals surface area contributed by atoms with Crippen molar-refractivity contribution in [1.82, 2.24) is 5.32 Å². The van der Waals surface area contributed by atoms with Gasteiger partial charge in [0.05, 0.1) is 12.5 Å². The number of benzene rings is 2. The molecule has 0 aliphatic carbocycles. The summed E-state index contributed by atoms with van der Waals surface area (Å²) >= 11 is 5.93. The van der Waals surface area contributed by atoms with Crippen molar-refractivity contribution in [2.24, 2.45) is 0 Å². The molecule has 0 aromatic heterocycles. The highest BCUT2D eigenvalue weighted by Crippen LogP contribution is 2.17. The van der Waals surface area contributed by atoms with Crippen LogP contribution in [0.15, 0.2) is 48.5 Å². The molecule has 2 rings (SSSR count). The molecule has 0 heterocycles. The van der Waals surface area contributed by atoms with E-state index < -0.39 is 12.1 Å². The number of aliphatic hydroxyl groups excluding tert-OH is 1. The normalized spacial score (nSPS) is 13.2. The maximum atomic E-state index is 10.7. The van der Waals surface area contributed by atoms with Crippen LogP contribution in [0.2, 0.25) is 5.02 Å². The number of carboxylic acid groups (broad SMARTS) is 1. The molecule has 25 heavy (non-hydrogen) atoms. The Morgan fingerprint density at radius 1 is 1.16 bits per heavy atom. The third-order valence-electron chi connectivity index (χ3n) is 3.81. The summed E-state index contributed by atoms with van der Waals surface area (Å²) in [4.78, 5) is 10.7. The van der Waals surface area contributed by atoms with E-state index in [9.17, 15) is 9.90 Å². The second-order valence-corrected chi connectivity index (χ2v) is 6.46. The number of hydrogen-bond acceptors (Lipinski definition) is 4. The Morgan fingerprint density at radius 2 is 1.88 bits per heavy atom. The van der Waals surface area contributed by atoms with E-state index >= 15 is 0 Å². The number of anilines is 1. The first-order valence-corrected chi connectivity index (χ1v) is 8.53. The lowest BCUT2D eigenvalue weighted by atomic mass is 10.1. The van der Waals surface area contributed by atoms with Crippen molar-refractivity contribution in [3.8, 4) is 0 Å². The third-order valence-corrected chi connectivity index (χ3v) is 4.05. The minimum Gasteiger partial charge on any atom is -0.481 e. The quantitative estimate of drug-likeness (QED) is 0.551. The second kappa shape index (κ2) is 9.42. The van der Waals surface area contributed by atoms with E-state index in [1.807, 2.05) is 31.2 Å². The molecule has 2 aromatic carbocycles. The number of carboxylic acids is 1. The van der Waals surface area contributed by atoms with Gasteiger partial charge in [0.1, 0.15) is 0 Å². The van der Waals surface area contributed by atoms with E-state index in [0.717, 1.165) is 16.8 Å². The van der Waals surface area contributed by atoms with Gasteiger partial charge in [0.25, 0.3) is 0 Å². The average molecular weight is 363 g/mol. The van der Waals surface area contributed by atoms with Crippen LogP contribution in [0, 0.1) is 0 Å². The molecule has 0 radical (unpaired) electrons. The molecular weight excluding hydrogens is 340 g/mol. The smallest absolute Gasteiger partial charge is 0.307 e. The summed E-state index contributed by atoms with van der Waals surface area (Å²) in [7, 11) is 0. The molecule has 0 fully saturated rings. The SMILES string of the molecule is CC(CNc1ccc(CC(=O)O)cc1)NCC(O)c1cccc(Cl)c1. The zero-order chi connectivity index (χ0) is 18.2. The van der Waals surface area contributed by atoms with Crippen LogP contribution in [0.5, 0.6) is 0 Å². The molecule has 2 unspecified atom stereocenters. The average Bonchev–Trinajstić information content (AvgIpc) is 2.58. The minimum absolute atomic E-state index is 0.0274. The summed E-state index contributed by atoms with van der Waals surface area (Å²) in [6, 6.07) is 14.7. The standard InChI is InChI=1S/C19H23ClN2O3/c1-13(21-12-18(23)15-3-2-4-16(20)10-15)11-22-17-7-5-14(6-8-17)9-19(24)25/h2-8,10,13,18,21-23H,9,11-12H2,1H3,(H,24,25). The largest absolute Gasteiger partial charge is 0.481 e. The van der Waals surface area contributed by atoms with Gasteiger partial charge in [-0.25, -0.2) is 0 Å². The van der Waals surface area contributed by atoms with E-state index in [1.165, 1.54) is 0 Å². The van der Waals surface area contributed by atoms with Gasteiger partial charge in [-0.05, 0) is 42.3 Å². The highest BCUT2D eigenvalue weighted by atomic mass is 35.5. The zero-order valence-corrected chi connectivity index (χ0v) is 14.8. The van der Waals surface area contributed by atoms with Crippen LogP contribution in [0.1, 0.15) is 24.2 Å². The van der Waals surface area contributed by atoms with Gasteiger partial charge >= 0.3 is 5.97 Å².